The third-order valence-corrected chi connectivity index (χ3v) is 7.81. The van der Waals surface area contributed by atoms with E-state index in [1.807, 2.05) is 0 Å². The van der Waals surface area contributed by atoms with E-state index in [9.17, 15) is 4.79 Å². The number of nitrogens with one attached hydrogen (secondary N) is 1. The van der Waals surface area contributed by atoms with Crippen molar-refractivity contribution in [1.82, 2.24) is 15.3 Å². The predicted molar refractivity (Wildman–Crippen MR) is 127 cm³/mol. The van der Waals surface area contributed by atoms with Gasteiger partial charge >= 0.3 is 0 Å². The van der Waals surface area contributed by atoms with Crippen molar-refractivity contribution in [3.05, 3.63) is 46.9 Å². The molecule has 0 saturated carbocycles. The molecule has 1 fully saturated rings. The second kappa shape index (κ2) is 7.55. The van der Waals surface area contributed by atoms with E-state index in [-0.39, 0.29) is 29.2 Å². The Morgan fingerprint density at radius 3 is 2.69 bits per heavy atom. The number of anilines is 2. The van der Waals surface area contributed by atoms with Gasteiger partial charge in [-0.15, -0.1) is 0 Å². The maximum Gasteiger partial charge on any atom is 0.221 e. The van der Waals surface area contributed by atoms with E-state index >= 15 is 0 Å². The van der Waals surface area contributed by atoms with Crippen molar-refractivity contribution < 1.29 is 4.79 Å². The van der Waals surface area contributed by atoms with Crippen LogP contribution in [-0.4, -0.2) is 35.0 Å². The Morgan fingerprint density at radius 1 is 1.25 bits per heavy atom. The minimum Gasteiger partial charge on any atom is -0.369 e. The number of rotatable bonds is 3. The fourth-order valence-electron chi connectivity index (χ4n) is 6.72. The van der Waals surface area contributed by atoms with Gasteiger partial charge < -0.3 is 16.0 Å². The zero-order valence-electron chi connectivity index (χ0n) is 19.7. The number of carbonyl (C=O) groups is 1. The number of carbonyl (C=O) groups excluding carboxylic acids is 1. The fraction of sp³-hybridized carbons (Fsp3) is 0.577. The van der Waals surface area contributed by atoms with Crippen molar-refractivity contribution in [3.63, 3.8) is 0 Å². The largest absolute Gasteiger partial charge is 0.369 e. The average molecular weight is 434 g/mol. The number of primary amides is 1. The minimum atomic E-state index is -0.283. The Bertz CT molecular complexity index is 1050. The van der Waals surface area contributed by atoms with Crippen molar-refractivity contribution in [2.75, 3.05) is 18.0 Å². The van der Waals surface area contributed by atoms with Gasteiger partial charge in [-0.25, -0.2) is 9.97 Å². The molecule has 2 aromatic rings. The van der Waals surface area contributed by atoms with Gasteiger partial charge in [-0.2, -0.15) is 0 Å². The SMILES string of the molecule is CC1CCc2ncnc(N3c4ccc(CC(N)=O)cc4C4(CCNCC4)[C@H]3C(C)(C)C)c21. The Balaban J connectivity index is 1.76. The molecule has 1 aromatic heterocycles. The average Bonchev–Trinajstić information content (AvgIpc) is 3.24. The second-order valence-electron chi connectivity index (χ2n) is 11.0. The van der Waals surface area contributed by atoms with Crippen LogP contribution in [0.3, 0.4) is 0 Å². The summed E-state index contributed by atoms with van der Waals surface area (Å²) >= 11 is 0. The molecule has 1 saturated heterocycles. The number of aryl methyl sites for hydroxylation is 1. The molecule has 1 aromatic carbocycles. The molecule has 6 heteroatoms. The third kappa shape index (κ3) is 3.22. The lowest BCUT2D eigenvalue weighted by molar-refractivity contribution is -0.117. The quantitative estimate of drug-likeness (QED) is 0.770. The summed E-state index contributed by atoms with van der Waals surface area (Å²) in [7, 11) is 0. The van der Waals surface area contributed by atoms with Crippen molar-refractivity contribution in [3.8, 4) is 0 Å². The summed E-state index contributed by atoms with van der Waals surface area (Å²) in [5.41, 5.74) is 11.7. The van der Waals surface area contributed by atoms with Gasteiger partial charge in [-0.1, -0.05) is 39.8 Å². The Labute approximate surface area is 191 Å². The molecule has 2 aliphatic heterocycles. The molecular weight excluding hydrogens is 398 g/mol. The Hall–Kier alpha value is -2.47. The second-order valence-corrected chi connectivity index (χ2v) is 11.0. The summed E-state index contributed by atoms with van der Waals surface area (Å²) in [6, 6.07) is 6.80. The summed E-state index contributed by atoms with van der Waals surface area (Å²) in [5.74, 6) is 1.26. The third-order valence-electron chi connectivity index (χ3n) is 7.81. The molecule has 170 valence electrons. The molecule has 1 aliphatic carbocycles. The summed E-state index contributed by atoms with van der Waals surface area (Å²) in [6.07, 6.45) is 6.33. The van der Waals surface area contributed by atoms with E-state index in [1.165, 1.54) is 22.5 Å². The fourth-order valence-corrected chi connectivity index (χ4v) is 6.72. The highest BCUT2D eigenvalue weighted by Crippen LogP contribution is 2.58. The predicted octanol–water partition coefficient (Wildman–Crippen LogP) is 3.74. The number of benzene rings is 1. The van der Waals surface area contributed by atoms with Gasteiger partial charge in [0.05, 0.1) is 12.5 Å². The Kier molecular flexibility index (Phi) is 5.04. The van der Waals surface area contributed by atoms with E-state index in [2.05, 4.69) is 61.1 Å². The van der Waals surface area contributed by atoms with E-state index < -0.39 is 0 Å². The molecule has 3 aliphatic rings. The maximum atomic E-state index is 11.7. The number of piperidine rings is 1. The number of aromatic nitrogens is 2. The normalized spacial score (nSPS) is 23.9. The lowest BCUT2D eigenvalue weighted by atomic mass is 9.62. The smallest absolute Gasteiger partial charge is 0.221 e. The highest BCUT2D eigenvalue weighted by Gasteiger charge is 2.56. The molecule has 1 unspecified atom stereocenters. The first kappa shape index (κ1) is 21.4. The van der Waals surface area contributed by atoms with Gasteiger partial charge in [-0.3, -0.25) is 4.79 Å². The van der Waals surface area contributed by atoms with Crippen LogP contribution in [0.25, 0.3) is 0 Å². The molecular formula is C26H35N5O. The first-order valence-corrected chi connectivity index (χ1v) is 12.0. The summed E-state index contributed by atoms with van der Waals surface area (Å²) in [6.45, 7) is 11.4. The first-order chi connectivity index (χ1) is 15.2. The molecule has 0 bridgehead atoms. The highest BCUT2D eigenvalue weighted by molar-refractivity contribution is 5.79. The maximum absolute atomic E-state index is 11.7. The van der Waals surface area contributed by atoms with Gasteiger partial charge in [-0.05, 0) is 67.3 Å². The monoisotopic (exact) mass is 433 g/mol. The lowest BCUT2D eigenvalue weighted by Gasteiger charge is -2.48. The molecule has 3 N–H and O–H groups in total. The van der Waals surface area contributed by atoms with Gasteiger partial charge in [0.2, 0.25) is 5.91 Å². The van der Waals surface area contributed by atoms with E-state index in [1.54, 1.807) is 6.33 Å². The van der Waals surface area contributed by atoms with Crippen molar-refractivity contribution in [2.24, 2.45) is 11.1 Å². The van der Waals surface area contributed by atoms with Crippen LogP contribution >= 0.6 is 0 Å². The van der Waals surface area contributed by atoms with E-state index in [0.717, 1.165) is 50.2 Å². The Morgan fingerprint density at radius 2 is 2.00 bits per heavy atom. The van der Waals surface area contributed by atoms with Crippen LogP contribution in [-0.2, 0) is 23.1 Å². The number of fused-ring (bicyclic) bond motifs is 3. The van der Waals surface area contributed by atoms with Gasteiger partial charge in [0.15, 0.2) is 0 Å². The van der Waals surface area contributed by atoms with Crippen molar-refractivity contribution in [1.29, 1.82) is 0 Å². The summed E-state index contributed by atoms with van der Waals surface area (Å²) in [4.78, 5) is 23.8. The van der Waals surface area contributed by atoms with Crippen LogP contribution < -0.4 is 16.0 Å². The molecule has 2 atom stereocenters. The summed E-state index contributed by atoms with van der Waals surface area (Å²) < 4.78 is 0. The molecule has 32 heavy (non-hydrogen) atoms. The van der Waals surface area contributed by atoms with Crippen molar-refractivity contribution >= 4 is 17.4 Å². The number of hydrogen-bond acceptors (Lipinski definition) is 5. The molecule has 3 heterocycles. The van der Waals surface area contributed by atoms with E-state index in [0.29, 0.717) is 5.92 Å². The van der Waals surface area contributed by atoms with Gasteiger partial charge in [0.25, 0.3) is 0 Å². The van der Waals surface area contributed by atoms with Crippen LogP contribution in [0.15, 0.2) is 24.5 Å². The van der Waals surface area contributed by atoms with Gasteiger partial charge in [0.1, 0.15) is 12.1 Å². The van der Waals surface area contributed by atoms with Crippen LogP contribution in [0, 0.1) is 5.41 Å². The van der Waals surface area contributed by atoms with Gasteiger partial charge in [0, 0.05) is 22.4 Å². The minimum absolute atomic E-state index is 0.00612. The van der Waals surface area contributed by atoms with Crippen LogP contribution in [0.4, 0.5) is 11.5 Å². The lowest BCUT2D eigenvalue weighted by Crippen LogP contribution is -2.55. The zero-order valence-corrected chi connectivity index (χ0v) is 19.7. The van der Waals surface area contributed by atoms with E-state index in [4.69, 9.17) is 10.7 Å². The molecule has 6 nitrogen and oxygen atoms in total. The topological polar surface area (TPSA) is 84.1 Å². The summed E-state index contributed by atoms with van der Waals surface area (Å²) in [5, 5.41) is 3.57. The first-order valence-electron chi connectivity index (χ1n) is 12.0. The van der Waals surface area contributed by atoms with Crippen LogP contribution in [0.2, 0.25) is 0 Å². The number of hydrogen-bond donors (Lipinski definition) is 2. The van der Waals surface area contributed by atoms with Crippen LogP contribution in [0.1, 0.15) is 75.3 Å². The molecule has 5 rings (SSSR count). The number of amides is 1. The molecule has 1 spiro atoms. The highest BCUT2D eigenvalue weighted by atomic mass is 16.1. The zero-order chi connectivity index (χ0) is 22.7. The molecule has 1 amide bonds. The molecule has 0 radical (unpaired) electrons. The number of nitrogens with two attached hydrogens (primary N) is 1. The van der Waals surface area contributed by atoms with Crippen LogP contribution in [0.5, 0.6) is 0 Å². The van der Waals surface area contributed by atoms with Crippen molar-refractivity contribution in [2.45, 2.75) is 77.2 Å². The number of nitrogens with zero attached hydrogens (tertiary/aromatic N) is 3. The standard InChI is InChI=1S/C26H35N5O/c1-16-5-7-19-22(16)23(30-15-29-19)31-20-8-6-17(14-21(27)32)13-18(20)26(9-11-28-12-10-26)24(31)25(2,3)4/h6,8,13,15-16,24,28H,5,7,9-12,14H2,1-4H3,(H2,27,32)/t16?,24-/m1/s1.